The summed E-state index contributed by atoms with van der Waals surface area (Å²) in [5, 5.41) is 0. The molecule has 19 heavy (non-hydrogen) atoms. The molecule has 1 aromatic carbocycles. The number of rotatable bonds is 2. The van der Waals surface area contributed by atoms with Gasteiger partial charge in [0.2, 0.25) is 0 Å². The van der Waals surface area contributed by atoms with Crippen molar-refractivity contribution < 1.29 is 4.39 Å². The van der Waals surface area contributed by atoms with Gasteiger partial charge in [0.1, 0.15) is 5.82 Å². The molecule has 0 radical (unpaired) electrons. The first-order valence-electron chi connectivity index (χ1n) is 7.24. The monoisotopic (exact) mass is 260 g/mol. The Kier molecular flexibility index (Phi) is 3.83. The van der Waals surface area contributed by atoms with Crippen LogP contribution in [0, 0.1) is 5.82 Å². The maximum Gasteiger partial charge on any atom is 0.123 e. The third-order valence-electron chi connectivity index (χ3n) is 4.20. The third kappa shape index (κ3) is 2.98. The first-order valence-corrected chi connectivity index (χ1v) is 7.24. The smallest absolute Gasteiger partial charge is 0.123 e. The van der Waals surface area contributed by atoms with Gasteiger partial charge in [-0.1, -0.05) is 12.2 Å². The predicted octanol–water partition coefficient (Wildman–Crippen LogP) is 3.06. The predicted molar refractivity (Wildman–Crippen MR) is 77.0 cm³/mol. The molecule has 1 atom stereocenters. The fourth-order valence-electron chi connectivity index (χ4n) is 3.06. The van der Waals surface area contributed by atoms with Crippen molar-refractivity contribution in [1.29, 1.82) is 0 Å². The largest absolute Gasteiger partial charge is 0.369 e. The molecule has 0 N–H and O–H groups in total. The van der Waals surface area contributed by atoms with E-state index in [1.807, 2.05) is 12.1 Å². The van der Waals surface area contributed by atoms with Gasteiger partial charge in [-0.05, 0) is 43.5 Å². The number of nitrogens with zero attached hydrogens (tertiary/aromatic N) is 2. The minimum absolute atomic E-state index is 0.158. The Bertz CT molecular complexity index is 433. The van der Waals surface area contributed by atoms with Crippen molar-refractivity contribution >= 4 is 5.69 Å². The van der Waals surface area contributed by atoms with Crippen LogP contribution in [-0.4, -0.2) is 37.1 Å². The number of hydrogen-bond donors (Lipinski definition) is 0. The van der Waals surface area contributed by atoms with Crippen LogP contribution in [0.25, 0.3) is 0 Å². The van der Waals surface area contributed by atoms with Crippen LogP contribution in [0.15, 0.2) is 36.4 Å². The normalized spacial score (nSPS) is 24.7. The van der Waals surface area contributed by atoms with Crippen LogP contribution < -0.4 is 4.90 Å². The Morgan fingerprint density at radius 1 is 1.00 bits per heavy atom. The lowest BCUT2D eigenvalue weighted by atomic mass is 10.0. The number of piperazine rings is 1. The zero-order chi connectivity index (χ0) is 13.1. The number of hydrogen-bond acceptors (Lipinski definition) is 2. The van der Waals surface area contributed by atoms with Gasteiger partial charge in [-0.15, -0.1) is 0 Å². The SMILES string of the molecule is Fc1ccc(N2CCN(C3C=CCCC3)CC2)cc1. The molecule has 1 unspecified atom stereocenters. The van der Waals surface area contributed by atoms with Gasteiger partial charge in [-0.2, -0.15) is 0 Å². The molecule has 1 aromatic rings. The van der Waals surface area contributed by atoms with Crippen molar-refractivity contribution in [3.05, 3.63) is 42.2 Å². The van der Waals surface area contributed by atoms with E-state index in [1.165, 1.54) is 19.3 Å². The van der Waals surface area contributed by atoms with E-state index in [0.29, 0.717) is 6.04 Å². The van der Waals surface area contributed by atoms with E-state index in [9.17, 15) is 4.39 Å². The average molecular weight is 260 g/mol. The Morgan fingerprint density at radius 2 is 1.74 bits per heavy atom. The maximum absolute atomic E-state index is 12.9. The van der Waals surface area contributed by atoms with Crippen LogP contribution in [0.3, 0.4) is 0 Å². The number of allylic oxidation sites excluding steroid dienone is 1. The van der Waals surface area contributed by atoms with E-state index in [4.69, 9.17) is 0 Å². The number of halogens is 1. The highest BCUT2D eigenvalue weighted by molar-refractivity contribution is 5.46. The van der Waals surface area contributed by atoms with Crippen LogP contribution in [-0.2, 0) is 0 Å². The van der Waals surface area contributed by atoms with E-state index < -0.39 is 0 Å². The van der Waals surface area contributed by atoms with E-state index in [0.717, 1.165) is 31.9 Å². The first kappa shape index (κ1) is 12.7. The summed E-state index contributed by atoms with van der Waals surface area (Å²) in [6, 6.07) is 7.50. The summed E-state index contributed by atoms with van der Waals surface area (Å²) in [6.07, 6.45) is 8.55. The fourth-order valence-corrected chi connectivity index (χ4v) is 3.06. The van der Waals surface area contributed by atoms with Crippen LogP contribution in [0.1, 0.15) is 19.3 Å². The number of benzene rings is 1. The quantitative estimate of drug-likeness (QED) is 0.754. The molecule has 1 saturated heterocycles. The van der Waals surface area contributed by atoms with Crippen molar-refractivity contribution in [2.45, 2.75) is 25.3 Å². The molecule has 0 bridgehead atoms. The molecule has 2 aliphatic rings. The fraction of sp³-hybridized carbons (Fsp3) is 0.500. The van der Waals surface area contributed by atoms with Crippen molar-refractivity contribution in [1.82, 2.24) is 4.90 Å². The molecule has 102 valence electrons. The summed E-state index contributed by atoms with van der Waals surface area (Å²) in [6.45, 7) is 4.28. The lowest BCUT2D eigenvalue weighted by molar-refractivity contribution is 0.202. The second-order valence-electron chi connectivity index (χ2n) is 5.43. The lowest BCUT2D eigenvalue weighted by Gasteiger charge is -2.40. The highest BCUT2D eigenvalue weighted by atomic mass is 19.1. The van der Waals surface area contributed by atoms with Crippen LogP contribution in [0.4, 0.5) is 10.1 Å². The molecular weight excluding hydrogens is 239 g/mol. The molecule has 0 amide bonds. The van der Waals surface area contributed by atoms with Gasteiger partial charge in [0.05, 0.1) is 0 Å². The van der Waals surface area contributed by atoms with Gasteiger partial charge in [0.15, 0.2) is 0 Å². The van der Waals surface area contributed by atoms with Gasteiger partial charge in [-0.3, -0.25) is 4.90 Å². The standard InChI is InChI=1S/C16H21FN2/c17-14-6-8-16(9-7-14)19-12-10-18(11-13-19)15-4-2-1-3-5-15/h2,4,6-9,15H,1,3,5,10-13H2. The summed E-state index contributed by atoms with van der Waals surface area (Å²) < 4.78 is 12.9. The molecular formula is C16H21FN2. The van der Waals surface area contributed by atoms with Crippen LogP contribution in [0.2, 0.25) is 0 Å². The minimum atomic E-state index is -0.158. The molecule has 1 fully saturated rings. The third-order valence-corrected chi connectivity index (χ3v) is 4.20. The summed E-state index contributed by atoms with van der Waals surface area (Å²) in [4.78, 5) is 4.93. The summed E-state index contributed by atoms with van der Waals surface area (Å²) in [7, 11) is 0. The van der Waals surface area contributed by atoms with Crippen molar-refractivity contribution in [3.8, 4) is 0 Å². The van der Waals surface area contributed by atoms with Gasteiger partial charge in [0, 0.05) is 37.9 Å². The summed E-state index contributed by atoms with van der Waals surface area (Å²) >= 11 is 0. The van der Waals surface area contributed by atoms with E-state index in [2.05, 4.69) is 22.0 Å². The second-order valence-corrected chi connectivity index (χ2v) is 5.43. The Hall–Kier alpha value is -1.35. The zero-order valence-corrected chi connectivity index (χ0v) is 11.3. The molecule has 0 aromatic heterocycles. The molecule has 0 saturated carbocycles. The van der Waals surface area contributed by atoms with Gasteiger partial charge < -0.3 is 4.90 Å². The molecule has 1 aliphatic carbocycles. The molecule has 1 heterocycles. The molecule has 1 aliphatic heterocycles. The van der Waals surface area contributed by atoms with E-state index in [1.54, 1.807) is 12.1 Å². The highest BCUT2D eigenvalue weighted by Gasteiger charge is 2.23. The van der Waals surface area contributed by atoms with Crippen molar-refractivity contribution in [3.63, 3.8) is 0 Å². The lowest BCUT2D eigenvalue weighted by Crippen LogP contribution is -2.50. The van der Waals surface area contributed by atoms with Gasteiger partial charge >= 0.3 is 0 Å². The summed E-state index contributed by atoms with van der Waals surface area (Å²) in [5.41, 5.74) is 1.14. The Morgan fingerprint density at radius 3 is 2.37 bits per heavy atom. The van der Waals surface area contributed by atoms with Crippen molar-refractivity contribution in [2.75, 3.05) is 31.1 Å². The van der Waals surface area contributed by atoms with Crippen LogP contribution in [0.5, 0.6) is 0 Å². The molecule has 3 heteroatoms. The minimum Gasteiger partial charge on any atom is -0.369 e. The summed E-state index contributed by atoms with van der Waals surface area (Å²) in [5.74, 6) is -0.158. The van der Waals surface area contributed by atoms with Gasteiger partial charge in [0.25, 0.3) is 0 Å². The highest BCUT2D eigenvalue weighted by Crippen LogP contribution is 2.21. The van der Waals surface area contributed by atoms with Crippen molar-refractivity contribution in [2.24, 2.45) is 0 Å². The topological polar surface area (TPSA) is 6.48 Å². The maximum atomic E-state index is 12.9. The Labute approximate surface area is 114 Å². The first-order chi connectivity index (χ1) is 9.33. The van der Waals surface area contributed by atoms with Gasteiger partial charge in [-0.25, -0.2) is 4.39 Å². The average Bonchev–Trinajstić information content (AvgIpc) is 2.49. The molecule has 0 spiro atoms. The zero-order valence-electron chi connectivity index (χ0n) is 11.3. The van der Waals surface area contributed by atoms with E-state index >= 15 is 0 Å². The number of anilines is 1. The molecule has 2 nitrogen and oxygen atoms in total. The Balaban J connectivity index is 1.58. The van der Waals surface area contributed by atoms with Crippen LogP contribution >= 0.6 is 0 Å². The van der Waals surface area contributed by atoms with E-state index in [-0.39, 0.29) is 5.82 Å². The second kappa shape index (κ2) is 5.74. The molecule has 3 rings (SSSR count).